The number of hydrogen-bond donors (Lipinski definition) is 0. The van der Waals surface area contributed by atoms with Crippen molar-refractivity contribution < 1.29 is 32.1 Å². The van der Waals surface area contributed by atoms with Crippen LogP contribution in [0.25, 0.3) is 0 Å². The summed E-state index contributed by atoms with van der Waals surface area (Å²) in [5, 5.41) is 22.3. The Morgan fingerprint density at radius 2 is 1.71 bits per heavy atom. The average molecular weight is 411 g/mol. The van der Waals surface area contributed by atoms with Gasteiger partial charge in [-0.25, -0.2) is 4.79 Å². The van der Waals surface area contributed by atoms with E-state index in [1.165, 1.54) is 0 Å². The summed E-state index contributed by atoms with van der Waals surface area (Å²) in [4.78, 5) is 30.8. The van der Waals surface area contributed by atoms with E-state index in [1.807, 2.05) is 0 Å². The lowest BCUT2D eigenvalue weighted by atomic mass is 10.2. The van der Waals surface area contributed by atoms with Gasteiger partial charge in [-0.3, -0.25) is 20.2 Å². The number of nitro benzene ring substituents is 2. The lowest BCUT2D eigenvalue weighted by Crippen LogP contribution is -2.33. The van der Waals surface area contributed by atoms with Crippen LogP contribution in [0.1, 0.15) is 5.56 Å². The molecule has 2 rings (SSSR count). The molecule has 1 amide bonds. The molecule has 0 bridgehead atoms. The van der Waals surface area contributed by atoms with Gasteiger partial charge in [-0.15, -0.1) is 4.28 Å². The third kappa shape index (κ3) is 4.77. The van der Waals surface area contributed by atoms with Gasteiger partial charge in [0.2, 0.25) is 0 Å². The second kappa shape index (κ2) is 8.41. The second-order valence-corrected chi connectivity index (χ2v) is 6.68. The van der Waals surface area contributed by atoms with Crippen molar-refractivity contribution >= 4 is 27.6 Å². The monoisotopic (exact) mass is 411 g/mol. The van der Waals surface area contributed by atoms with Gasteiger partial charge in [0.05, 0.1) is 29.6 Å². The molecule has 148 valence electrons. The number of nitro groups is 2. The molecule has 2 aromatic rings. The van der Waals surface area contributed by atoms with Crippen LogP contribution in [0, 0.1) is 20.2 Å². The molecule has 0 unspecified atom stereocenters. The standard InChI is InChI=1S/C15H13N3O9S/c1-26-15(19)16(10-11-5-3-2-4-6-11)27-28(24,25)14-8-7-12(17(20)21)9-13(14)18(22)23/h2-9H,10H2,1H3. The number of hydrogen-bond acceptors (Lipinski definition) is 9. The van der Waals surface area contributed by atoms with Gasteiger partial charge < -0.3 is 4.74 Å². The smallest absolute Gasteiger partial charge is 0.435 e. The molecule has 13 heteroatoms. The Morgan fingerprint density at radius 3 is 2.25 bits per heavy atom. The number of carbonyl (C=O) groups excluding carboxylic acids is 1. The fourth-order valence-electron chi connectivity index (χ4n) is 2.10. The van der Waals surface area contributed by atoms with Crippen LogP contribution in [-0.4, -0.2) is 36.5 Å². The zero-order valence-electron chi connectivity index (χ0n) is 14.3. The largest absolute Gasteiger partial charge is 0.451 e. The highest BCUT2D eigenvalue weighted by atomic mass is 32.2. The number of rotatable bonds is 7. The van der Waals surface area contributed by atoms with E-state index < -0.39 is 42.3 Å². The molecule has 0 saturated carbocycles. The highest BCUT2D eigenvalue weighted by molar-refractivity contribution is 7.86. The van der Waals surface area contributed by atoms with Gasteiger partial charge in [0.1, 0.15) is 0 Å². The summed E-state index contributed by atoms with van der Waals surface area (Å²) in [7, 11) is -3.90. The lowest BCUT2D eigenvalue weighted by molar-refractivity contribution is -0.396. The highest BCUT2D eigenvalue weighted by Gasteiger charge is 2.33. The normalized spacial score (nSPS) is 10.9. The van der Waals surface area contributed by atoms with E-state index in [2.05, 4.69) is 4.74 Å². The van der Waals surface area contributed by atoms with Crippen molar-refractivity contribution in [1.29, 1.82) is 0 Å². The number of amides is 1. The Hall–Kier alpha value is -3.58. The van der Waals surface area contributed by atoms with Crippen LogP contribution in [0.5, 0.6) is 0 Å². The van der Waals surface area contributed by atoms with Gasteiger partial charge in [0, 0.05) is 6.07 Å². The van der Waals surface area contributed by atoms with Crippen molar-refractivity contribution in [3.05, 3.63) is 74.3 Å². The second-order valence-electron chi connectivity index (χ2n) is 5.19. The summed E-state index contributed by atoms with van der Waals surface area (Å²) < 4.78 is 34.2. The minimum absolute atomic E-state index is 0.340. The molecule has 0 saturated heterocycles. The molecule has 0 aromatic heterocycles. The van der Waals surface area contributed by atoms with Crippen LogP contribution in [0.3, 0.4) is 0 Å². The van der Waals surface area contributed by atoms with Gasteiger partial charge in [-0.2, -0.15) is 13.5 Å². The van der Waals surface area contributed by atoms with Gasteiger partial charge in [-0.1, -0.05) is 30.3 Å². The van der Waals surface area contributed by atoms with E-state index in [1.54, 1.807) is 30.3 Å². The van der Waals surface area contributed by atoms with Crippen LogP contribution in [0.15, 0.2) is 53.4 Å². The number of ether oxygens (including phenoxy) is 1. The van der Waals surface area contributed by atoms with E-state index in [-0.39, 0.29) is 6.54 Å². The highest BCUT2D eigenvalue weighted by Crippen LogP contribution is 2.30. The average Bonchev–Trinajstić information content (AvgIpc) is 2.66. The molecule has 2 aromatic carbocycles. The van der Waals surface area contributed by atoms with Gasteiger partial charge >= 0.3 is 16.2 Å². The summed E-state index contributed by atoms with van der Waals surface area (Å²) in [5.74, 6) is 0. The van der Waals surface area contributed by atoms with Crippen LogP contribution in [-0.2, 0) is 25.7 Å². The zero-order valence-corrected chi connectivity index (χ0v) is 15.1. The van der Waals surface area contributed by atoms with Gasteiger partial charge in [-0.05, 0) is 11.6 Å². The number of carbonyl (C=O) groups is 1. The first-order valence-corrected chi connectivity index (χ1v) is 8.83. The molecule has 0 aliphatic carbocycles. The number of non-ortho nitro benzene ring substituents is 1. The maximum Gasteiger partial charge on any atom is 0.435 e. The number of methoxy groups -OCH3 is 1. The number of nitrogens with zero attached hydrogens (tertiary/aromatic N) is 3. The summed E-state index contributed by atoms with van der Waals surface area (Å²) in [6.07, 6.45) is -1.17. The molecule has 0 fully saturated rings. The quantitative estimate of drug-likeness (QED) is 0.492. The van der Waals surface area contributed by atoms with Crippen molar-refractivity contribution in [2.75, 3.05) is 7.11 Å². The van der Waals surface area contributed by atoms with E-state index in [4.69, 9.17) is 4.28 Å². The predicted molar refractivity (Wildman–Crippen MR) is 92.4 cm³/mol. The SMILES string of the molecule is COC(=O)N(Cc1ccccc1)OS(=O)(=O)c1ccc([N+](=O)[O-])cc1[N+](=O)[O-]. The first-order valence-electron chi connectivity index (χ1n) is 7.42. The van der Waals surface area contributed by atoms with Gasteiger partial charge in [0.15, 0.2) is 4.90 Å². The van der Waals surface area contributed by atoms with Crippen LogP contribution < -0.4 is 0 Å². The van der Waals surface area contributed by atoms with Crippen molar-refractivity contribution in [2.24, 2.45) is 0 Å². The fourth-order valence-corrected chi connectivity index (χ4v) is 3.16. The maximum absolute atomic E-state index is 12.5. The molecule has 28 heavy (non-hydrogen) atoms. The molecule has 12 nitrogen and oxygen atoms in total. The molecule has 0 aliphatic heterocycles. The summed E-state index contributed by atoms with van der Waals surface area (Å²) in [6, 6.07) is 10.0. The Balaban J connectivity index is 2.42. The molecule has 0 aliphatic rings. The summed E-state index contributed by atoms with van der Waals surface area (Å²) >= 11 is 0. The van der Waals surface area contributed by atoms with Crippen LogP contribution >= 0.6 is 0 Å². The first kappa shape index (κ1) is 20.7. The maximum atomic E-state index is 12.5. The minimum Gasteiger partial charge on any atom is -0.451 e. The zero-order chi connectivity index (χ0) is 20.9. The molecule has 0 atom stereocenters. The van der Waals surface area contributed by atoms with Crippen molar-refractivity contribution in [3.8, 4) is 0 Å². The topological polar surface area (TPSA) is 159 Å². The molecule has 0 heterocycles. The molecule has 0 N–H and O–H groups in total. The van der Waals surface area contributed by atoms with E-state index in [9.17, 15) is 33.4 Å². The molecular weight excluding hydrogens is 398 g/mol. The molecular formula is C15H13N3O9S. The van der Waals surface area contributed by atoms with E-state index in [0.717, 1.165) is 13.2 Å². The Labute approximate surface area is 158 Å². The van der Waals surface area contributed by atoms with Gasteiger partial charge in [0.25, 0.3) is 11.4 Å². The first-order chi connectivity index (χ1) is 13.2. The summed E-state index contributed by atoms with van der Waals surface area (Å²) in [5.41, 5.74) is -1.26. The molecule has 0 spiro atoms. The number of hydroxylamine groups is 2. The molecule has 0 radical (unpaired) electrons. The lowest BCUT2D eigenvalue weighted by Gasteiger charge is -2.19. The van der Waals surface area contributed by atoms with Crippen LogP contribution in [0.4, 0.5) is 16.2 Å². The summed E-state index contributed by atoms with van der Waals surface area (Å²) in [6.45, 7) is -0.340. The third-order valence-electron chi connectivity index (χ3n) is 3.35. The minimum atomic E-state index is -4.89. The fraction of sp³-hybridized carbons (Fsp3) is 0.133. The third-order valence-corrected chi connectivity index (χ3v) is 4.61. The van der Waals surface area contributed by atoms with Crippen molar-refractivity contribution in [3.63, 3.8) is 0 Å². The Bertz CT molecular complexity index is 1010. The van der Waals surface area contributed by atoms with Crippen LogP contribution in [0.2, 0.25) is 0 Å². The number of benzene rings is 2. The van der Waals surface area contributed by atoms with E-state index >= 15 is 0 Å². The Morgan fingerprint density at radius 1 is 1.07 bits per heavy atom. The van der Waals surface area contributed by atoms with Crippen molar-refractivity contribution in [2.45, 2.75) is 11.4 Å². The van der Waals surface area contributed by atoms with E-state index in [0.29, 0.717) is 22.8 Å². The Kier molecular flexibility index (Phi) is 6.22. The van der Waals surface area contributed by atoms with Crippen molar-refractivity contribution in [1.82, 2.24) is 5.06 Å². The predicted octanol–water partition coefficient (Wildman–Crippen LogP) is 2.39.